The molecule has 1 aliphatic rings. The van der Waals surface area contributed by atoms with E-state index in [9.17, 15) is 0 Å². The fourth-order valence-corrected chi connectivity index (χ4v) is 0.585. The van der Waals surface area contributed by atoms with Crippen LogP contribution >= 0.6 is 0 Å². The molecule has 1 rings (SSSR count). The van der Waals surface area contributed by atoms with Gasteiger partial charge in [-0.15, -0.1) is 0 Å². The maximum atomic E-state index is 8.68. The highest BCUT2D eigenvalue weighted by Crippen LogP contribution is 2.14. The van der Waals surface area contributed by atoms with Crippen LogP contribution in [0.2, 0.25) is 0 Å². The summed E-state index contributed by atoms with van der Waals surface area (Å²) in [6, 6.07) is 0. The van der Waals surface area contributed by atoms with Gasteiger partial charge >= 0.3 is 0 Å². The first-order valence-corrected chi connectivity index (χ1v) is 2.58. The molecule has 1 heterocycles. The summed E-state index contributed by atoms with van der Waals surface area (Å²) in [7, 11) is 0. The largest absolute Gasteiger partial charge is 0.393 e. The fraction of sp³-hybridized carbons (Fsp3) is 1.00. The summed E-state index contributed by atoms with van der Waals surface area (Å²) in [6.07, 6.45) is 0.993. The molecule has 1 saturated heterocycles. The summed E-state index contributed by atoms with van der Waals surface area (Å²) in [6.45, 7) is 2.63. The number of hydrogen-bond donors (Lipinski definition) is 1. The highest BCUT2D eigenvalue weighted by molar-refractivity contribution is 4.70. The first-order valence-electron chi connectivity index (χ1n) is 2.58. The van der Waals surface area contributed by atoms with Crippen LogP contribution in [0.15, 0.2) is 0 Å². The van der Waals surface area contributed by atoms with Crippen molar-refractivity contribution in [2.45, 2.75) is 25.6 Å². The van der Waals surface area contributed by atoms with Gasteiger partial charge in [-0.2, -0.15) is 0 Å². The molecule has 42 valence electrons. The lowest BCUT2D eigenvalue weighted by Gasteiger charge is -1.95. The molecule has 7 heavy (non-hydrogen) atoms. The third kappa shape index (κ3) is 1.90. The predicted octanol–water partition coefficient (Wildman–Crippen LogP) is 0.156. The summed E-state index contributed by atoms with van der Waals surface area (Å²) in [4.78, 5) is 0. The Bertz CT molecular complexity index is 57.1. The van der Waals surface area contributed by atoms with Gasteiger partial charge in [0.1, 0.15) is 0 Å². The second-order valence-electron chi connectivity index (χ2n) is 2.04. The Morgan fingerprint density at radius 2 is 2.57 bits per heavy atom. The van der Waals surface area contributed by atoms with Crippen molar-refractivity contribution in [2.24, 2.45) is 0 Å². The van der Waals surface area contributed by atoms with E-state index in [0.717, 1.165) is 13.0 Å². The van der Waals surface area contributed by atoms with Gasteiger partial charge in [-0.1, -0.05) is 0 Å². The minimum atomic E-state index is -0.188. The molecule has 1 fully saturated rings. The monoisotopic (exact) mass is 102 g/mol. The van der Waals surface area contributed by atoms with E-state index in [1.54, 1.807) is 6.92 Å². The molecule has 0 aromatic carbocycles. The summed E-state index contributed by atoms with van der Waals surface area (Å²) < 4.78 is 4.86. The molecule has 2 nitrogen and oxygen atoms in total. The van der Waals surface area contributed by atoms with Gasteiger partial charge in [0.2, 0.25) is 0 Å². The van der Waals surface area contributed by atoms with E-state index in [4.69, 9.17) is 9.84 Å². The van der Waals surface area contributed by atoms with Gasteiger partial charge in [-0.3, -0.25) is 0 Å². The molecule has 2 heteroatoms. The van der Waals surface area contributed by atoms with Crippen LogP contribution in [0.4, 0.5) is 0 Å². The number of aliphatic hydroxyl groups is 1. The zero-order valence-electron chi connectivity index (χ0n) is 4.42. The van der Waals surface area contributed by atoms with E-state index in [0.29, 0.717) is 6.10 Å². The van der Waals surface area contributed by atoms with E-state index in [1.807, 2.05) is 0 Å². The zero-order chi connectivity index (χ0) is 5.28. The Morgan fingerprint density at radius 1 is 2.00 bits per heavy atom. The highest BCUT2D eigenvalue weighted by atomic mass is 16.6. The van der Waals surface area contributed by atoms with E-state index in [1.165, 1.54) is 0 Å². The van der Waals surface area contributed by atoms with Crippen molar-refractivity contribution in [3.8, 4) is 0 Å². The topological polar surface area (TPSA) is 32.8 Å². The lowest BCUT2D eigenvalue weighted by molar-refractivity contribution is 0.170. The molecular weight excluding hydrogens is 92.1 g/mol. The maximum absolute atomic E-state index is 8.68. The number of ether oxygens (including phenoxy) is 1. The molecule has 1 N–H and O–H groups in total. The molecule has 1 unspecified atom stereocenters. The van der Waals surface area contributed by atoms with E-state index >= 15 is 0 Å². The molecule has 0 saturated carbocycles. The van der Waals surface area contributed by atoms with Crippen molar-refractivity contribution in [3.63, 3.8) is 0 Å². The molecule has 0 amide bonds. The first-order chi connectivity index (χ1) is 3.29. The second kappa shape index (κ2) is 1.80. The minimum Gasteiger partial charge on any atom is -0.393 e. The first kappa shape index (κ1) is 5.06. The molecule has 0 aromatic heterocycles. The van der Waals surface area contributed by atoms with Crippen molar-refractivity contribution < 1.29 is 9.84 Å². The van der Waals surface area contributed by atoms with Crippen molar-refractivity contribution in [2.75, 3.05) is 6.61 Å². The highest BCUT2D eigenvalue weighted by Gasteiger charge is 2.23. The van der Waals surface area contributed by atoms with Gasteiger partial charge in [0.15, 0.2) is 0 Å². The van der Waals surface area contributed by atoms with Crippen molar-refractivity contribution in [3.05, 3.63) is 0 Å². The van der Waals surface area contributed by atoms with Crippen LogP contribution in [0, 0.1) is 0 Å². The van der Waals surface area contributed by atoms with Crippen molar-refractivity contribution in [1.82, 2.24) is 0 Å². The maximum Gasteiger partial charge on any atom is 0.0834 e. The van der Waals surface area contributed by atoms with Gasteiger partial charge in [0.25, 0.3) is 0 Å². The van der Waals surface area contributed by atoms with Crippen LogP contribution in [0.3, 0.4) is 0 Å². The lowest BCUT2D eigenvalue weighted by atomic mass is 10.2. The zero-order valence-corrected chi connectivity index (χ0v) is 4.42. The van der Waals surface area contributed by atoms with E-state index < -0.39 is 0 Å². The van der Waals surface area contributed by atoms with Crippen LogP contribution in [-0.4, -0.2) is 23.9 Å². The molecule has 0 aliphatic carbocycles. The Kier molecular flexibility index (Phi) is 1.30. The average Bonchev–Trinajstić information content (AvgIpc) is 2.17. The number of epoxide rings is 1. The van der Waals surface area contributed by atoms with Gasteiger partial charge in [0.05, 0.1) is 18.8 Å². The number of rotatable bonds is 2. The number of hydrogen-bond acceptors (Lipinski definition) is 2. The van der Waals surface area contributed by atoms with E-state index in [2.05, 4.69) is 0 Å². The van der Waals surface area contributed by atoms with Crippen molar-refractivity contribution in [1.29, 1.82) is 0 Å². The normalized spacial score (nSPS) is 32.6. The molecule has 1 aliphatic heterocycles. The molecular formula is C5H10O2. The summed E-state index contributed by atoms with van der Waals surface area (Å²) in [5.74, 6) is 0. The smallest absolute Gasteiger partial charge is 0.0834 e. The van der Waals surface area contributed by atoms with Crippen LogP contribution in [-0.2, 0) is 4.74 Å². The SMILES string of the molecule is C[C@H](O)CC1CO1. The van der Waals surface area contributed by atoms with E-state index in [-0.39, 0.29) is 6.10 Å². The third-order valence-corrected chi connectivity index (χ3v) is 1.01. The van der Waals surface area contributed by atoms with Gasteiger partial charge in [-0.05, 0) is 6.92 Å². The second-order valence-corrected chi connectivity index (χ2v) is 2.04. The van der Waals surface area contributed by atoms with Gasteiger partial charge in [-0.25, -0.2) is 0 Å². The molecule has 0 aromatic rings. The van der Waals surface area contributed by atoms with Crippen LogP contribution in [0.25, 0.3) is 0 Å². The lowest BCUT2D eigenvalue weighted by Crippen LogP contribution is -2.02. The fourth-order valence-electron chi connectivity index (χ4n) is 0.585. The van der Waals surface area contributed by atoms with Crippen LogP contribution in [0.1, 0.15) is 13.3 Å². The third-order valence-electron chi connectivity index (χ3n) is 1.01. The summed E-state index contributed by atoms with van der Waals surface area (Å²) in [5.41, 5.74) is 0. The summed E-state index contributed by atoms with van der Waals surface area (Å²) >= 11 is 0. The molecule has 2 atom stereocenters. The quantitative estimate of drug-likeness (QED) is 0.503. The minimum absolute atomic E-state index is 0.188. The average molecular weight is 102 g/mol. The Hall–Kier alpha value is -0.0800. The Labute approximate surface area is 43.1 Å². The Balaban J connectivity index is 1.97. The van der Waals surface area contributed by atoms with Crippen LogP contribution in [0.5, 0.6) is 0 Å². The van der Waals surface area contributed by atoms with Gasteiger partial charge < -0.3 is 9.84 Å². The molecule has 0 bridgehead atoms. The molecule has 0 radical (unpaired) electrons. The Morgan fingerprint density at radius 3 is 2.71 bits per heavy atom. The predicted molar refractivity (Wildman–Crippen MR) is 26.0 cm³/mol. The van der Waals surface area contributed by atoms with Crippen molar-refractivity contribution >= 4 is 0 Å². The molecule has 0 spiro atoms. The van der Waals surface area contributed by atoms with Crippen LogP contribution < -0.4 is 0 Å². The summed E-state index contributed by atoms with van der Waals surface area (Å²) in [5, 5.41) is 8.68. The standard InChI is InChI=1S/C5H10O2/c1-4(6)2-5-3-7-5/h4-6H,2-3H2,1H3/t4-,5?/m0/s1. The van der Waals surface area contributed by atoms with Gasteiger partial charge in [0, 0.05) is 6.42 Å². The number of aliphatic hydroxyl groups excluding tert-OH is 1.